The van der Waals surface area contributed by atoms with Gasteiger partial charge in [-0.05, 0) is 154 Å². The molecule has 0 saturated carbocycles. The van der Waals surface area contributed by atoms with Crippen molar-refractivity contribution < 1.29 is 80.2 Å². The van der Waals surface area contributed by atoms with Gasteiger partial charge in [-0.25, -0.2) is 9.13 Å². The summed E-state index contributed by atoms with van der Waals surface area (Å²) in [4.78, 5) is 73.1. The third-order valence-electron chi connectivity index (χ3n) is 17.0. The van der Waals surface area contributed by atoms with E-state index in [0.717, 1.165) is 148 Å². The van der Waals surface area contributed by atoms with Gasteiger partial charge in [-0.3, -0.25) is 37.3 Å². The molecule has 0 bridgehead atoms. The quantitative estimate of drug-likeness (QED) is 0.0169. The van der Waals surface area contributed by atoms with Crippen LogP contribution in [-0.4, -0.2) is 96.7 Å². The van der Waals surface area contributed by atoms with Crippen molar-refractivity contribution in [2.75, 3.05) is 39.6 Å². The lowest BCUT2D eigenvalue weighted by Crippen LogP contribution is -2.30. The fourth-order valence-electron chi connectivity index (χ4n) is 10.6. The predicted octanol–water partition coefficient (Wildman–Crippen LogP) is 24.8. The fourth-order valence-corrected chi connectivity index (χ4v) is 12.2. The van der Waals surface area contributed by atoms with Crippen LogP contribution < -0.4 is 0 Å². The minimum absolute atomic E-state index is 0.0288. The molecule has 0 aliphatic rings. The molecule has 0 saturated heterocycles. The number of aliphatic hydroxyl groups is 1. The zero-order valence-electron chi connectivity index (χ0n) is 67.5. The minimum Gasteiger partial charge on any atom is -0.462 e. The van der Waals surface area contributed by atoms with Gasteiger partial charge in [0.1, 0.15) is 19.3 Å². The van der Waals surface area contributed by atoms with E-state index in [2.05, 4.69) is 149 Å². The third-order valence-corrected chi connectivity index (χ3v) is 18.9. The highest BCUT2D eigenvalue weighted by Crippen LogP contribution is 2.45. The molecule has 0 aromatic carbocycles. The number of carbonyl (C=O) groups excluding carboxylic acids is 4. The Balaban J connectivity index is 5.51. The first-order chi connectivity index (χ1) is 52.7. The molecule has 3 N–H and O–H groups in total. The fraction of sp³-hybridized carbons (Fsp3) is 0.663. The third kappa shape index (κ3) is 78.8. The van der Waals surface area contributed by atoms with Crippen molar-refractivity contribution in [2.45, 2.75) is 341 Å². The Morgan fingerprint density at radius 2 is 0.500 bits per heavy atom. The summed E-state index contributed by atoms with van der Waals surface area (Å²) in [6, 6.07) is 0. The topological polar surface area (TPSA) is 237 Å². The highest BCUT2D eigenvalue weighted by atomic mass is 31.2. The van der Waals surface area contributed by atoms with E-state index in [0.29, 0.717) is 38.5 Å². The van der Waals surface area contributed by atoms with Gasteiger partial charge in [0.25, 0.3) is 0 Å². The SMILES string of the molecule is CC/C=C\C/C=C\C/C=C\C/C=C\C/C=C\C/C=C\CCC(=O)OC[C@H](COP(=O)(O)OC[C@@H](O)COP(=O)(O)OC[C@@H](COC(=O)CCCCCCCCC/C=C\CCCCCC)OC(=O)CC/C=C\C/C=C\C/C=C\C/C=C\C/C=C\CCCCC)OC(=O)CCCCCCC/C=C\CCCCCCCC. The van der Waals surface area contributed by atoms with Crippen LogP contribution in [0.25, 0.3) is 0 Å². The number of phosphoric ester groups is 2. The van der Waals surface area contributed by atoms with Crippen LogP contribution in [0, 0.1) is 0 Å². The van der Waals surface area contributed by atoms with Crippen LogP contribution in [-0.2, 0) is 65.4 Å². The van der Waals surface area contributed by atoms with Crippen molar-refractivity contribution in [1.29, 1.82) is 0 Å². The maximum atomic E-state index is 13.1. The van der Waals surface area contributed by atoms with Crippen LogP contribution in [0.2, 0.25) is 0 Å². The maximum Gasteiger partial charge on any atom is 0.472 e. The van der Waals surface area contributed by atoms with Crippen LogP contribution >= 0.6 is 15.6 Å². The zero-order chi connectivity index (χ0) is 78.9. The molecule has 0 aromatic heterocycles. The van der Waals surface area contributed by atoms with Gasteiger partial charge in [-0.1, -0.05) is 301 Å². The molecule has 2 unspecified atom stereocenters. The largest absolute Gasteiger partial charge is 0.472 e. The van der Waals surface area contributed by atoms with E-state index in [-0.39, 0.29) is 25.7 Å². The van der Waals surface area contributed by atoms with Crippen molar-refractivity contribution in [3.63, 3.8) is 0 Å². The Hall–Kier alpha value is -5.32. The Kier molecular flexibility index (Phi) is 75.8. The molecule has 0 radical (unpaired) electrons. The van der Waals surface area contributed by atoms with Crippen LogP contribution in [0.1, 0.15) is 323 Å². The van der Waals surface area contributed by atoms with Crippen molar-refractivity contribution >= 4 is 39.5 Å². The van der Waals surface area contributed by atoms with Gasteiger partial charge in [-0.2, -0.15) is 0 Å². The summed E-state index contributed by atoms with van der Waals surface area (Å²) in [7, 11) is -10.0. The number of hydrogen-bond donors (Lipinski definition) is 3. The highest BCUT2D eigenvalue weighted by Gasteiger charge is 2.30. The Bertz CT molecular complexity index is 2660. The van der Waals surface area contributed by atoms with Crippen LogP contribution in [0.4, 0.5) is 0 Å². The van der Waals surface area contributed by atoms with Crippen molar-refractivity contribution in [2.24, 2.45) is 0 Å². The second-order valence-corrected chi connectivity index (χ2v) is 30.2. The van der Waals surface area contributed by atoms with Crippen molar-refractivity contribution in [3.8, 4) is 0 Å². The number of carbonyl (C=O) groups is 4. The normalized spacial score (nSPS) is 14.6. The van der Waals surface area contributed by atoms with E-state index in [1.807, 2.05) is 36.5 Å². The minimum atomic E-state index is -5.01. The molecule has 616 valence electrons. The average molecular weight is 1550 g/mol. The van der Waals surface area contributed by atoms with Crippen LogP contribution in [0.15, 0.2) is 158 Å². The maximum absolute atomic E-state index is 13.1. The number of aliphatic hydroxyl groups excluding tert-OH is 1. The summed E-state index contributed by atoms with van der Waals surface area (Å²) >= 11 is 0. The summed E-state index contributed by atoms with van der Waals surface area (Å²) < 4.78 is 68.5. The van der Waals surface area contributed by atoms with Gasteiger partial charge in [0.15, 0.2) is 12.2 Å². The lowest BCUT2D eigenvalue weighted by molar-refractivity contribution is -0.161. The molecule has 0 aliphatic carbocycles. The molecule has 0 aliphatic heterocycles. The van der Waals surface area contributed by atoms with Gasteiger partial charge in [0.2, 0.25) is 0 Å². The number of ether oxygens (including phenoxy) is 4. The van der Waals surface area contributed by atoms with E-state index in [1.165, 1.54) is 83.5 Å². The van der Waals surface area contributed by atoms with E-state index in [1.54, 1.807) is 0 Å². The monoisotopic (exact) mass is 1550 g/mol. The van der Waals surface area contributed by atoms with E-state index in [4.69, 9.17) is 37.0 Å². The molecule has 0 amide bonds. The first-order valence-corrected chi connectivity index (χ1v) is 44.7. The summed E-state index contributed by atoms with van der Waals surface area (Å²) in [6.07, 6.45) is 93.9. The Labute approximate surface area is 655 Å². The lowest BCUT2D eigenvalue weighted by Gasteiger charge is -2.21. The number of allylic oxidation sites excluding steroid dienone is 26. The number of hydrogen-bond acceptors (Lipinski definition) is 15. The predicted molar refractivity (Wildman–Crippen MR) is 445 cm³/mol. The molecule has 19 heteroatoms. The van der Waals surface area contributed by atoms with Crippen molar-refractivity contribution in [1.82, 2.24) is 0 Å². The van der Waals surface area contributed by atoms with Gasteiger partial charge in [0, 0.05) is 25.7 Å². The molecule has 0 fully saturated rings. The molecule has 0 spiro atoms. The highest BCUT2D eigenvalue weighted by molar-refractivity contribution is 7.47. The molecule has 0 rings (SSSR count). The first-order valence-electron chi connectivity index (χ1n) is 41.7. The number of esters is 4. The lowest BCUT2D eigenvalue weighted by atomic mass is 10.1. The second kappa shape index (κ2) is 79.8. The molecule has 17 nitrogen and oxygen atoms in total. The van der Waals surface area contributed by atoms with E-state index < -0.39 is 97.5 Å². The Morgan fingerprint density at radius 3 is 0.852 bits per heavy atom. The molecular weight excluding hydrogens is 1400 g/mol. The standard InChI is InChI=1S/C89H148O17P2/c1-5-9-13-17-21-25-29-33-37-39-41-43-47-50-54-58-62-66-70-74-87(92)100-80-84(105-88(93)75-71-67-63-59-55-51-46-36-32-28-24-20-16-12-8-4)81-103-107(95,96)101-77-83(90)78-102-108(97,98)104-82-85(79-99-86(91)73-69-65-61-57-53-49-45-35-31-27-23-19-15-11-7-3)106-89(94)76-72-68-64-60-56-52-48-44-42-40-38-34-30-26-22-18-14-10-6-2/h9,13,21-22,25-27,31,33-34,36-38,41-44,46,50,52,54,56,62,64,66,68,83-85,90H,5-8,10-12,14-20,23-24,28-30,32,35,39-40,45,47-49,51,53,55,57-61,63,65,67,69-82H2,1-4H3,(H,95,96)(H,97,98)/b13-9-,25-21-,26-22-,31-27-,37-33-,38-34-,43-41-,44-42-,46-36-,54-50-,56-52-,66-62-,68-64-/t83-,84-,85-/m1/s1. The molecule has 0 heterocycles. The van der Waals surface area contributed by atoms with E-state index >= 15 is 0 Å². The number of phosphoric acid groups is 2. The van der Waals surface area contributed by atoms with Gasteiger partial charge in [0.05, 0.1) is 26.4 Å². The van der Waals surface area contributed by atoms with E-state index in [9.17, 15) is 43.2 Å². The smallest absolute Gasteiger partial charge is 0.462 e. The summed E-state index contributed by atoms with van der Waals surface area (Å²) in [6.45, 7) is 4.54. The first kappa shape index (κ1) is 103. The summed E-state index contributed by atoms with van der Waals surface area (Å²) in [5.74, 6) is -2.39. The van der Waals surface area contributed by atoms with Gasteiger partial charge in [-0.15, -0.1) is 0 Å². The number of unbranched alkanes of at least 4 members (excludes halogenated alkanes) is 25. The summed E-state index contributed by atoms with van der Waals surface area (Å²) in [5.41, 5.74) is 0. The summed E-state index contributed by atoms with van der Waals surface area (Å²) in [5, 5.41) is 10.7. The average Bonchev–Trinajstić information content (AvgIpc) is 0.914. The second-order valence-electron chi connectivity index (χ2n) is 27.3. The molecular formula is C89H148O17P2. The Morgan fingerprint density at radius 1 is 0.269 bits per heavy atom. The van der Waals surface area contributed by atoms with Gasteiger partial charge < -0.3 is 33.8 Å². The zero-order valence-corrected chi connectivity index (χ0v) is 69.3. The molecule has 5 atom stereocenters. The van der Waals surface area contributed by atoms with Gasteiger partial charge >= 0.3 is 39.5 Å². The van der Waals surface area contributed by atoms with Crippen molar-refractivity contribution in [3.05, 3.63) is 158 Å². The molecule has 0 aromatic rings. The van der Waals surface area contributed by atoms with Crippen LogP contribution in [0.3, 0.4) is 0 Å². The number of rotatable bonds is 77. The molecule has 108 heavy (non-hydrogen) atoms. The van der Waals surface area contributed by atoms with Crippen LogP contribution in [0.5, 0.6) is 0 Å².